The fourth-order valence-corrected chi connectivity index (χ4v) is 3.64. The van der Waals surface area contributed by atoms with Crippen molar-refractivity contribution >= 4 is 23.5 Å². The number of benzene rings is 2. The monoisotopic (exact) mass is 456 g/mol. The van der Waals surface area contributed by atoms with E-state index in [9.17, 15) is 24.5 Å². The Hall–Kier alpha value is -4.15. The molecule has 1 heterocycles. The molecule has 2 N–H and O–H groups in total. The van der Waals surface area contributed by atoms with Crippen LogP contribution in [-0.2, 0) is 15.1 Å². The van der Waals surface area contributed by atoms with Gasteiger partial charge in [-0.2, -0.15) is 0 Å². The molecular formula is C22H24N4O7. The minimum absolute atomic E-state index is 0.141. The van der Waals surface area contributed by atoms with Crippen LogP contribution < -0.4 is 20.1 Å². The summed E-state index contributed by atoms with van der Waals surface area (Å²) in [5.74, 6) is -0.0591. The first-order valence-corrected chi connectivity index (χ1v) is 10.0. The number of urea groups is 1. The molecule has 2 unspecified atom stereocenters. The summed E-state index contributed by atoms with van der Waals surface area (Å²) in [6.45, 7) is 2.72. The summed E-state index contributed by atoms with van der Waals surface area (Å²) in [6.07, 6.45) is 0. The van der Waals surface area contributed by atoms with Gasteiger partial charge in [-0.05, 0) is 49.7 Å². The van der Waals surface area contributed by atoms with E-state index in [1.807, 2.05) is 0 Å². The lowest BCUT2D eigenvalue weighted by molar-refractivity contribution is -0.384. The zero-order valence-corrected chi connectivity index (χ0v) is 18.6. The Morgan fingerprint density at radius 1 is 1.18 bits per heavy atom. The molecule has 3 rings (SSSR count). The van der Waals surface area contributed by atoms with Crippen LogP contribution in [0.5, 0.6) is 11.5 Å². The summed E-state index contributed by atoms with van der Waals surface area (Å²) in [6, 6.07) is 9.23. The number of nitrogens with zero attached hydrogens (tertiary/aromatic N) is 2. The van der Waals surface area contributed by atoms with Crippen molar-refractivity contribution in [1.82, 2.24) is 15.5 Å². The fourth-order valence-electron chi connectivity index (χ4n) is 3.64. The highest BCUT2D eigenvalue weighted by Crippen LogP contribution is 2.31. The highest BCUT2D eigenvalue weighted by atomic mass is 16.6. The molecule has 2 atom stereocenters. The molecule has 0 aliphatic carbocycles. The first-order chi connectivity index (χ1) is 15.6. The zero-order valence-electron chi connectivity index (χ0n) is 18.6. The van der Waals surface area contributed by atoms with Crippen LogP contribution in [0.3, 0.4) is 0 Å². The van der Waals surface area contributed by atoms with Gasteiger partial charge in [-0.1, -0.05) is 0 Å². The molecule has 0 bridgehead atoms. The van der Waals surface area contributed by atoms with E-state index in [1.165, 1.54) is 45.4 Å². The number of nitrogens with one attached hydrogen (secondary N) is 2. The van der Waals surface area contributed by atoms with Crippen LogP contribution in [0, 0.1) is 10.1 Å². The van der Waals surface area contributed by atoms with Crippen LogP contribution >= 0.6 is 0 Å². The second-order valence-corrected chi connectivity index (χ2v) is 7.65. The molecule has 174 valence electrons. The summed E-state index contributed by atoms with van der Waals surface area (Å²) in [4.78, 5) is 49.3. The van der Waals surface area contributed by atoms with Crippen molar-refractivity contribution in [3.8, 4) is 11.5 Å². The zero-order chi connectivity index (χ0) is 24.3. The Morgan fingerprint density at radius 3 is 2.42 bits per heavy atom. The van der Waals surface area contributed by atoms with Gasteiger partial charge < -0.3 is 20.1 Å². The van der Waals surface area contributed by atoms with Crippen LogP contribution in [0.4, 0.5) is 10.5 Å². The number of methoxy groups -OCH3 is 2. The third kappa shape index (κ3) is 4.56. The topological polar surface area (TPSA) is 140 Å². The number of ether oxygens (including phenoxy) is 2. The molecule has 1 aliphatic heterocycles. The number of nitro groups is 1. The van der Waals surface area contributed by atoms with E-state index in [2.05, 4.69) is 10.6 Å². The number of carbonyl (C=O) groups excluding carboxylic acids is 3. The SMILES string of the molecule is COc1ccc(OC)c(C(C)NC(=O)CN2C(=O)NC(C)(c3ccc([N+](=O)[O-])cc3)C2=O)c1. The Bertz CT molecular complexity index is 1100. The first-order valence-electron chi connectivity index (χ1n) is 10.0. The van der Waals surface area contributed by atoms with Gasteiger partial charge in [0.1, 0.15) is 23.6 Å². The van der Waals surface area contributed by atoms with E-state index in [4.69, 9.17) is 9.47 Å². The summed E-state index contributed by atoms with van der Waals surface area (Å²) in [5.41, 5.74) is -0.562. The van der Waals surface area contributed by atoms with E-state index in [1.54, 1.807) is 25.1 Å². The lowest BCUT2D eigenvalue weighted by Gasteiger charge is -2.22. The molecule has 11 heteroatoms. The third-order valence-corrected chi connectivity index (χ3v) is 5.51. The first kappa shape index (κ1) is 23.5. The van der Waals surface area contributed by atoms with Gasteiger partial charge in [-0.3, -0.25) is 24.6 Å². The number of rotatable bonds is 8. The van der Waals surface area contributed by atoms with Crippen molar-refractivity contribution in [2.24, 2.45) is 0 Å². The van der Waals surface area contributed by atoms with Crippen molar-refractivity contribution in [3.63, 3.8) is 0 Å². The third-order valence-electron chi connectivity index (χ3n) is 5.51. The quantitative estimate of drug-likeness (QED) is 0.353. The average Bonchev–Trinajstić information content (AvgIpc) is 3.02. The smallest absolute Gasteiger partial charge is 0.325 e. The minimum Gasteiger partial charge on any atom is -0.497 e. The Morgan fingerprint density at radius 2 is 1.85 bits per heavy atom. The summed E-state index contributed by atoms with van der Waals surface area (Å²) >= 11 is 0. The molecule has 1 fully saturated rings. The molecule has 11 nitrogen and oxygen atoms in total. The number of nitro benzene ring substituents is 1. The molecule has 1 saturated heterocycles. The van der Waals surface area contributed by atoms with Crippen LogP contribution in [0.1, 0.15) is 31.0 Å². The number of amides is 4. The van der Waals surface area contributed by atoms with Crippen LogP contribution in [0.15, 0.2) is 42.5 Å². The Kier molecular flexibility index (Phi) is 6.52. The highest BCUT2D eigenvalue weighted by Gasteiger charge is 2.49. The molecular weight excluding hydrogens is 432 g/mol. The normalized spacial score (nSPS) is 18.5. The van der Waals surface area contributed by atoms with E-state index in [0.29, 0.717) is 22.6 Å². The summed E-state index contributed by atoms with van der Waals surface area (Å²) in [5, 5.41) is 16.2. The van der Waals surface area contributed by atoms with Crippen LogP contribution in [0.25, 0.3) is 0 Å². The van der Waals surface area contributed by atoms with Crippen molar-refractivity contribution < 1.29 is 28.8 Å². The van der Waals surface area contributed by atoms with Gasteiger partial charge in [0, 0.05) is 17.7 Å². The minimum atomic E-state index is -1.45. The van der Waals surface area contributed by atoms with Crippen molar-refractivity contribution in [3.05, 3.63) is 63.7 Å². The van der Waals surface area contributed by atoms with Crippen LogP contribution in [-0.4, -0.2) is 48.4 Å². The maximum Gasteiger partial charge on any atom is 0.325 e. The molecule has 0 aromatic heterocycles. The average molecular weight is 456 g/mol. The maximum absolute atomic E-state index is 13.0. The lowest BCUT2D eigenvalue weighted by atomic mass is 9.92. The highest BCUT2D eigenvalue weighted by molar-refractivity contribution is 6.09. The molecule has 0 radical (unpaired) electrons. The number of hydrogen-bond acceptors (Lipinski definition) is 7. The maximum atomic E-state index is 13.0. The second kappa shape index (κ2) is 9.15. The van der Waals surface area contributed by atoms with E-state index < -0.39 is 40.9 Å². The van der Waals surface area contributed by atoms with Gasteiger partial charge >= 0.3 is 6.03 Å². The van der Waals surface area contributed by atoms with Crippen molar-refractivity contribution in [2.45, 2.75) is 25.4 Å². The van der Waals surface area contributed by atoms with Gasteiger partial charge in [0.15, 0.2) is 0 Å². The van der Waals surface area contributed by atoms with Gasteiger partial charge in [0.05, 0.1) is 25.2 Å². The van der Waals surface area contributed by atoms with Gasteiger partial charge in [0.25, 0.3) is 11.6 Å². The van der Waals surface area contributed by atoms with E-state index in [0.717, 1.165) is 4.90 Å². The predicted molar refractivity (Wildman–Crippen MR) is 117 cm³/mol. The molecule has 0 spiro atoms. The standard InChI is InChI=1S/C22H24N4O7/c1-13(17-11-16(32-3)9-10-18(17)33-4)23-19(27)12-25-20(28)22(2,24-21(25)29)14-5-7-15(8-6-14)26(30)31/h5-11,13H,12H2,1-4H3,(H,23,27)(H,24,29). The Balaban J connectivity index is 1.73. The van der Waals surface area contributed by atoms with E-state index >= 15 is 0 Å². The lowest BCUT2D eigenvalue weighted by Crippen LogP contribution is -2.43. The fraction of sp³-hybridized carbons (Fsp3) is 0.318. The number of carbonyl (C=O) groups is 3. The van der Waals surface area contributed by atoms with Crippen molar-refractivity contribution in [1.29, 1.82) is 0 Å². The molecule has 2 aromatic rings. The largest absolute Gasteiger partial charge is 0.497 e. The van der Waals surface area contributed by atoms with E-state index in [-0.39, 0.29) is 5.69 Å². The molecule has 4 amide bonds. The molecule has 0 saturated carbocycles. The second-order valence-electron chi connectivity index (χ2n) is 7.65. The van der Waals surface area contributed by atoms with Gasteiger partial charge in [-0.15, -0.1) is 0 Å². The van der Waals surface area contributed by atoms with Crippen molar-refractivity contribution in [2.75, 3.05) is 20.8 Å². The number of imide groups is 1. The predicted octanol–water partition coefficient (Wildman–Crippen LogP) is 2.26. The molecule has 2 aromatic carbocycles. The van der Waals surface area contributed by atoms with Crippen LogP contribution in [0.2, 0.25) is 0 Å². The molecule has 33 heavy (non-hydrogen) atoms. The number of non-ortho nitro benzene ring substituents is 1. The van der Waals surface area contributed by atoms with Gasteiger partial charge in [-0.25, -0.2) is 4.79 Å². The summed E-state index contributed by atoms with van der Waals surface area (Å²) < 4.78 is 10.6. The Labute approximate surface area is 189 Å². The summed E-state index contributed by atoms with van der Waals surface area (Å²) in [7, 11) is 3.03. The molecule has 1 aliphatic rings. The number of hydrogen-bond donors (Lipinski definition) is 2. The van der Waals surface area contributed by atoms with Gasteiger partial charge in [0.2, 0.25) is 5.91 Å².